The zero-order chi connectivity index (χ0) is 44.9. The molecule has 3 N–H and O–H groups in total. The molecule has 3 aromatic rings. The maximum Gasteiger partial charge on any atom is 0.412 e. The minimum absolute atomic E-state index is 0.0567. The van der Waals surface area contributed by atoms with Crippen molar-refractivity contribution in [2.75, 3.05) is 56.4 Å². The highest BCUT2D eigenvalue weighted by Crippen LogP contribution is 2.42. The second kappa shape index (κ2) is 22.3. The molecule has 2 fully saturated rings. The van der Waals surface area contributed by atoms with Gasteiger partial charge in [-0.25, -0.2) is 14.8 Å². The molecule has 1 saturated heterocycles. The average Bonchev–Trinajstić information content (AvgIpc) is 3.60. The molecular weight excluding hydrogens is 793 g/mol. The second-order valence-corrected chi connectivity index (χ2v) is 17.9. The van der Waals surface area contributed by atoms with Crippen molar-refractivity contribution >= 4 is 35.4 Å². The summed E-state index contributed by atoms with van der Waals surface area (Å²) in [4.78, 5) is 62.9. The van der Waals surface area contributed by atoms with Crippen LogP contribution in [0.2, 0.25) is 0 Å². The first-order valence-electron chi connectivity index (χ1n) is 21.8. The van der Waals surface area contributed by atoms with Gasteiger partial charge in [-0.15, -0.1) is 0 Å². The van der Waals surface area contributed by atoms with Gasteiger partial charge in [-0.2, -0.15) is 0 Å². The molecule has 62 heavy (non-hydrogen) atoms. The van der Waals surface area contributed by atoms with Crippen LogP contribution >= 0.6 is 0 Å². The van der Waals surface area contributed by atoms with Crippen LogP contribution in [0.1, 0.15) is 115 Å². The van der Waals surface area contributed by atoms with E-state index in [0.29, 0.717) is 74.1 Å². The number of aryl methyl sites for hydroxylation is 1. The lowest BCUT2D eigenvalue weighted by atomic mass is 9.84. The monoisotopic (exact) mass is 858 g/mol. The van der Waals surface area contributed by atoms with Crippen LogP contribution in [0.4, 0.5) is 16.3 Å². The van der Waals surface area contributed by atoms with Crippen molar-refractivity contribution in [1.29, 1.82) is 0 Å². The number of rotatable bonds is 19. The molecule has 0 radical (unpaired) electrons. The Morgan fingerprint density at radius 2 is 1.37 bits per heavy atom. The minimum atomic E-state index is -0.592. The molecule has 5 rings (SSSR count). The van der Waals surface area contributed by atoms with Gasteiger partial charge in [0.05, 0.1) is 57.8 Å². The van der Waals surface area contributed by atoms with Gasteiger partial charge in [-0.1, -0.05) is 37.1 Å². The number of benzene rings is 2. The number of anilines is 2. The number of fused-ring (bicyclic) bond motifs is 1. The molecule has 2 heterocycles. The minimum Gasteiger partial charge on any atom is -0.460 e. The molecule has 1 saturated carbocycles. The summed E-state index contributed by atoms with van der Waals surface area (Å²) in [5.41, 5.74) is 2.54. The van der Waals surface area contributed by atoms with E-state index in [1.807, 2.05) is 85.7 Å². The molecule has 1 aromatic heterocycles. The van der Waals surface area contributed by atoms with Crippen molar-refractivity contribution < 1.29 is 42.9 Å². The molecule has 1 aliphatic heterocycles. The van der Waals surface area contributed by atoms with E-state index in [4.69, 9.17) is 33.7 Å². The van der Waals surface area contributed by atoms with E-state index in [9.17, 15) is 19.2 Å². The SMILES string of the molecule is Cc1nc([C@H](C)NC(=O)c2ccc(-c3ccc(NC(=O)OC(C)(C)C)cc3)cc2)cc(N2[C@H](C(=O)NCCOCCOCCOCCC(=O)OC(C)(C)C)C[C@@H]3CCCC[C@@H]32)n1. The van der Waals surface area contributed by atoms with E-state index in [2.05, 4.69) is 20.9 Å². The summed E-state index contributed by atoms with van der Waals surface area (Å²) in [5.74, 6) is 1.07. The van der Waals surface area contributed by atoms with Crippen LogP contribution in [-0.2, 0) is 33.3 Å². The molecule has 15 nitrogen and oxygen atoms in total. The quantitative estimate of drug-likeness (QED) is 0.0809. The highest BCUT2D eigenvalue weighted by molar-refractivity contribution is 5.95. The standard InChI is InChI=1S/C47H66N6O9/c1-31(49-43(55)35-15-13-33(14-16-35)34-17-19-37(20-18-34)52-45(57)62-47(6,7)8)38-30-41(51-32(2)50-38)53-39-12-10-9-11-36(39)29-40(53)44(56)48-22-24-59-26-28-60-27-25-58-23-21-42(54)61-46(3,4)5/h13-20,30-31,36,39-40H,9-12,21-29H2,1-8H3,(H,48,56)(H,49,55)(H,52,57)/t31-,36-,39-,40-/m0/s1. The summed E-state index contributed by atoms with van der Waals surface area (Å²) < 4.78 is 27.3. The van der Waals surface area contributed by atoms with Gasteiger partial charge >= 0.3 is 12.1 Å². The van der Waals surface area contributed by atoms with Crippen LogP contribution in [0, 0.1) is 12.8 Å². The predicted octanol–water partition coefficient (Wildman–Crippen LogP) is 7.33. The van der Waals surface area contributed by atoms with Crippen molar-refractivity contribution in [3.8, 4) is 11.1 Å². The molecule has 0 spiro atoms. The van der Waals surface area contributed by atoms with Crippen molar-refractivity contribution in [2.24, 2.45) is 5.92 Å². The summed E-state index contributed by atoms with van der Waals surface area (Å²) in [6.45, 7) is 17.2. The number of hydrogen-bond acceptors (Lipinski definition) is 12. The van der Waals surface area contributed by atoms with Gasteiger partial charge in [0.1, 0.15) is 28.9 Å². The van der Waals surface area contributed by atoms with E-state index in [1.54, 1.807) is 24.3 Å². The van der Waals surface area contributed by atoms with Gasteiger partial charge < -0.3 is 39.2 Å². The average molecular weight is 859 g/mol. The summed E-state index contributed by atoms with van der Waals surface area (Å²) >= 11 is 0. The van der Waals surface area contributed by atoms with E-state index in [0.717, 1.165) is 43.2 Å². The third-order valence-electron chi connectivity index (χ3n) is 10.5. The number of carbonyl (C=O) groups excluding carboxylic acids is 4. The zero-order valence-electron chi connectivity index (χ0n) is 37.7. The van der Waals surface area contributed by atoms with E-state index in [1.165, 1.54) is 0 Å². The number of hydrogen-bond donors (Lipinski definition) is 3. The highest BCUT2D eigenvalue weighted by atomic mass is 16.6. The largest absolute Gasteiger partial charge is 0.460 e. The van der Waals surface area contributed by atoms with Gasteiger partial charge in [-0.05, 0) is 116 Å². The Bertz CT molecular complexity index is 1940. The lowest BCUT2D eigenvalue weighted by Crippen LogP contribution is -2.48. The lowest BCUT2D eigenvalue weighted by Gasteiger charge is -2.35. The summed E-state index contributed by atoms with van der Waals surface area (Å²) in [7, 11) is 0. The van der Waals surface area contributed by atoms with Gasteiger partial charge in [0.25, 0.3) is 5.91 Å². The van der Waals surface area contributed by atoms with E-state index >= 15 is 0 Å². The van der Waals surface area contributed by atoms with Gasteiger partial charge in [0.15, 0.2) is 0 Å². The molecule has 1 aliphatic carbocycles. The fraction of sp³-hybridized carbons (Fsp3) is 0.574. The Hall–Kier alpha value is -5.12. The van der Waals surface area contributed by atoms with Gasteiger partial charge in [0.2, 0.25) is 5.91 Å². The molecule has 2 aliphatic rings. The van der Waals surface area contributed by atoms with Crippen molar-refractivity contribution in [2.45, 2.75) is 123 Å². The van der Waals surface area contributed by atoms with Crippen molar-refractivity contribution in [3.63, 3.8) is 0 Å². The molecular formula is C47H66N6O9. The predicted molar refractivity (Wildman–Crippen MR) is 237 cm³/mol. The fourth-order valence-corrected chi connectivity index (χ4v) is 7.74. The Morgan fingerprint density at radius 3 is 2.02 bits per heavy atom. The van der Waals surface area contributed by atoms with Crippen molar-refractivity contribution in [1.82, 2.24) is 20.6 Å². The van der Waals surface area contributed by atoms with Crippen LogP contribution < -0.4 is 20.9 Å². The summed E-state index contributed by atoms with van der Waals surface area (Å²) in [6.07, 6.45) is 4.73. The van der Waals surface area contributed by atoms with Crippen molar-refractivity contribution in [3.05, 3.63) is 71.7 Å². The van der Waals surface area contributed by atoms with E-state index in [-0.39, 0.29) is 42.9 Å². The number of amides is 3. The molecule has 2 aromatic carbocycles. The van der Waals surface area contributed by atoms with Crippen LogP contribution in [0.25, 0.3) is 11.1 Å². The Kier molecular flexibility index (Phi) is 17.2. The topological polar surface area (TPSA) is 180 Å². The number of carbonyl (C=O) groups is 4. The number of nitrogens with zero attached hydrogens (tertiary/aromatic N) is 3. The Balaban J connectivity index is 1.09. The Morgan fingerprint density at radius 1 is 0.774 bits per heavy atom. The molecule has 0 bridgehead atoms. The van der Waals surface area contributed by atoms with Gasteiger partial charge in [0, 0.05) is 29.9 Å². The van der Waals surface area contributed by atoms with Gasteiger partial charge in [-0.3, -0.25) is 19.7 Å². The third kappa shape index (κ3) is 15.1. The smallest absolute Gasteiger partial charge is 0.412 e. The lowest BCUT2D eigenvalue weighted by molar-refractivity contribution is -0.156. The van der Waals surface area contributed by atoms with Crippen LogP contribution in [0.3, 0.4) is 0 Å². The number of ether oxygens (including phenoxy) is 5. The fourth-order valence-electron chi connectivity index (χ4n) is 7.74. The second-order valence-electron chi connectivity index (χ2n) is 17.9. The number of aromatic nitrogens is 2. The highest BCUT2D eigenvalue weighted by Gasteiger charge is 2.46. The third-order valence-corrected chi connectivity index (χ3v) is 10.5. The first-order valence-corrected chi connectivity index (χ1v) is 21.8. The Labute approximate surface area is 366 Å². The zero-order valence-corrected chi connectivity index (χ0v) is 37.7. The summed E-state index contributed by atoms with van der Waals surface area (Å²) in [5, 5.41) is 8.92. The number of esters is 1. The first-order chi connectivity index (χ1) is 29.5. The molecule has 338 valence electrons. The van der Waals surface area contributed by atoms with E-state index < -0.39 is 23.3 Å². The maximum absolute atomic E-state index is 13.8. The normalized spacial score (nSPS) is 18.1. The molecule has 0 unspecified atom stereocenters. The van der Waals surface area contributed by atoms with Crippen LogP contribution in [0.15, 0.2) is 54.6 Å². The maximum atomic E-state index is 13.8. The van der Waals surface area contributed by atoms with Crippen LogP contribution in [0.5, 0.6) is 0 Å². The first kappa shape index (κ1) is 47.9. The molecule has 4 atom stereocenters. The van der Waals surface area contributed by atoms with Crippen LogP contribution in [-0.4, -0.2) is 103 Å². The molecule has 3 amide bonds. The summed E-state index contributed by atoms with van der Waals surface area (Å²) in [6, 6.07) is 16.0. The number of nitrogens with one attached hydrogen (secondary N) is 3. The molecule has 15 heteroatoms.